The van der Waals surface area contributed by atoms with E-state index < -0.39 is 5.79 Å². The van der Waals surface area contributed by atoms with Gasteiger partial charge in [-0.3, -0.25) is 5.32 Å². The predicted molar refractivity (Wildman–Crippen MR) is 71.9 cm³/mol. The molecule has 2 N–H and O–H groups in total. The number of carbonyl (C=O) groups is 1. The van der Waals surface area contributed by atoms with Gasteiger partial charge in [-0.1, -0.05) is 0 Å². The quantitative estimate of drug-likeness (QED) is 0.887. The second kappa shape index (κ2) is 5.52. The lowest BCUT2D eigenvalue weighted by atomic mass is 10.3. The van der Waals surface area contributed by atoms with Crippen LogP contribution in [0, 0.1) is 6.92 Å². The zero-order chi connectivity index (χ0) is 13.2. The maximum absolute atomic E-state index is 11.6. The zero-order valence-electron chi connectivity index (χ0n) is 10.1. The van der Waals surface area contributed by atoms with Crippen molar-refractivity contribution in [3.05, 3.63) is 9.48 Å². The van der Waals surface area contributed by atoms with Crippen LogP contribution in [0.5, 0.6) is 0 Å². The van der Waals surface area contributed by atoms with Gasteiger partial charge in [0.15, 0.2) is 10.9 Å². The summed E-state index contributed by atoms with van der Waals surface area (Å²) in [6.07, 6.45) is 0. The maximum atomic E-state index is 11.6. The van der Waals surface area contributed by atoms with E-state index in [1.165, 1.54) is 11.3 Å². The van der Waals surface area contributed by atoms with Gasteiger partial charge in [-0.05, 0) is 29.8 Å². The summed E-state index contributed by atoms with van der Waals surface area (Å²) in [6.45, 7) is 5.12. The number of hydrogen-bond acceptors (Lipinski definition) is 5. The van der Waals surface area contributed by atoms with Crippen molar-refractivity contribution in [2.24, 2.45) is 0 Å². The molecule has 1 aromatic heterocycles. The molecular weight excluding hydrogens is 322 g/mol. The first-order chi connectivity index (χ1) is 8.48. The Morgan fingerprint density at radius 3 is 2.78 bits per heavy atom. The SMILES string of the molecule is Cc1sc(NC(=O)NCC2(C)OCCO2)nc1Br. The molecule has 100 valence electrons. The highest BCUT2D eigenvalue weighted by Crippen LogP contribution is 2.25. The van der Waals surface area contributed by atoms with E-state index >= 15 is 0 Å². The van der Waals surface area contributed by atoms with Crippen molar-refractivity contribution in [1.29, 1.82) is 0 Å². The fraction of sp³-hybridized carbons (Fsp3) is 0.600. The second-order valence-corrected chi connectivity index (χ2v) is 5.96. The molecule has 2 heterocycles. The van der Waals surface area contributed by atoms with E-state index in [1.54, 1.807) is 6.92 Å². The first-order valence-electron chi connectivity index (χ1n) is 5.44. The molecule has 0 atom stereocenters. The Hall–Kier alpha value is -0.700. The third-order valence-corrected chi connectivity index (χ3v) is 4.35. The largest absolute Gasteiger partial charge is 0.346 e. The van der Waals surface area contributed by atoms with Crippen LogP contribution in [0.2, 0.25) is 0 Å². The van der Waals surface area contributed by atoms with Gasteiger partial charge in [-0.15, -0.1) is 11.3 Å². The lowest BCUT2D eigenvalue weighted by Gasteiger charge is -2.22. The Morgan fingerprint density at radius 2 is 2.22 bits per heavy atom. The van der Waals surface area contributed by atoms with Crippen LogP contribution < -0.4 is 10.6 Å². The highest BCUT2D eigenvalue weighted by molar-refractivity contribution is 9.10. The van der Waals surface area contributed by atoms with Crippen LogP contribution in [0.25, 0.3) is 0 Å². The highest BCUT2D eigenvalue weighted by atomic mass is 79.9. The molecule has 0 unspecified atom stereocenters. The number of ether oxygens (including phenoxy) is 2. The van der Waals surface area contributed by atoms with Crippen LogP contribution in [-0.2, 0) is 9.47 Å². The molecule has 1 aromatic rings. The minimum atomic E-state index is -0.725. The number of anilines is 1. The van der Waals surface area contributed by atoms with Gasteiger partial charge in [0.2, 0.25) is 0 Å². The number of rotatable bonds is 3. The van der Waals surface area contributed by atoms with Crippen molar-refractivity contribution < 1.29 is 14.3 Å². The van der Waals surface area contributed by atoms with E-state index in [0.717, 1.165) is 9.48 Å². The lowest BCUT2D eigenvalue weighted by Crippen LogP contribution is -2.43. The van der Waals surface area contributed by atoms with Crippen molar-refractivity contribution in [3.8, 4) is 0 Å². The number of aryl methyl sites for hydroxylation is 1. The average molecular weight is 336 g/mol. The van der Waals surface area contributed by atoms with Gasteiger partial charge in [0, 0.05) is 4.88 Å². The third-order valence-electron chi connectivity index (χ3n) is 2.43. The molecule has 2 amide bonds. The fourth-order valence-electron chi connectivity index (χ4n) is 1.47. The monoisotopic (exact) mass is 335 g/mol. The predicted octanol–water partition coefficient (Wildman–Crippen LogP) is 2.10. The molecule has 0 radical (unpaired) electrons. The summed E-state index contributed by atoms with van der Waals surface area (Å²) in [5, 5.41) is 5.91. The van der Waals surface area contributed by atoms with Crippen LogP contribution >= 0.6 is 27.3 Å². The molecule has 0 aromatic carbocycles. The van der Waals surface area contributed by atoms with Gasteiger partial charge in [0.25, 0.3) is 0 Å². The summed E-state index contributed by atoms with van der Waals surface area (Å²) in [6, 6.07) is -0.323. The zero-order valence-corrected chi connectivity index (χ0v) is 12.5. The molecule has 8 heteroatoms. The molecule has 1 aliphatic heterocycles. The maximum Gasteiger partial charge on any atom is 0.321 e. The van der Waals surface area contributed by atoms with Gasteiger partial charge in [-0.25, -0.2) is 9.78 Å². The Morgan fingerprint density at radius 1 is 1.56 bits per heavy atom. The summed E-state index contributed by atoms with van der Waals surface area (Å²) in [5.41, 5.74) is 0. The average Bonchev–Trinajstić information content (AvgIpc) is 2.85. The van der Waals surface area contributed by atoms with E-state index in [-0.39, 0.29) is 6.03 Å². The Kier molecular flexibility index (Phi) is 4.21. The first-order valence-corrected chi connectivity index (χ1v) is 7.05. The molecule has 1 aliphatic rings. The van der Waals surface area contributed by atoms with Crippen LogP contribution in [0.15, 0.2) is 4.60 Å². The number of nitrogens with one attached hydrogen (secondary N) is 2. The molecule has 0 aliphatic carbocycles. The number of aromatic nitrogens is 1. The molecule has 0 spiro atoms. The van der Waals surface area contributed by atoms with Crippen LogP contribution in [-0.4, -0.2) is 36.6 Å². The molecule has 2 rings (SSSR count). The normalized spacial score (nSPS) is 17.7. The van der Waals surface area contributed by atoms with Crippen LogP contribution in [0.3, 0.4) is 0 Å². The highest BCUT2D eigenvalue weighted by Gasteiger charge is 2.31. The van der Waals surface area contributed by atoms with E-state index in [4.69, 9.17) is 9.47 Å². The molecular formula is C10H14BrN3O3S. The standard InChI is InChI=1S/C10H14BrN3O3S/c1-6-7(11)13-9(18-6)14-8(15)12-5-10(2)16-3-4-17-10/h3-5H2,1-2H3,(H2,12,13,14,15). The van der Waals surface area contributed by atoms with E-state index in [0.29, 0.717) is 24.9 Å². The smallest absolute Gasteiger partial charge is 0.321 e. The third kappa shape index (κ3) is 3.41. The molecule has 0 saturated carbocycles. The number of hydrogen-bond donors (Lipinski definition) is 2. The number of halogens is 1. The molecule has 18 heavy (non-hydrogen) atoms. The van der Waals surface area contributed by atoms with Crippen molar-refractivity contribution >= 4 is 38.4 Å². The van der Waals surface area contributed by atoms with Crippen molar-refractivity contribution in [3.63, 3.8) is 0 Å². The van der Waals surface area contributed by atoms with E-state index in [9.17, 15) is 4.79 Å². The lowest BCUT2D eigenvalue weighted by molar-refractivity contribution is -0.136. The van der Waals surface area contributed by atoms with Gasteiger partial charge in [0.05, 0.1) is 19.8 Å². The second-order valence-electron chi connectivity index (χ2n) is 4.00. The number of urea groups is 1. The van der Waals surface area contributed by atoms with Gasteiger partial charge < -0.3 is 14.8 Å². The Labute approximate surface area is 117 Å². The fourth-order valence-corrected chi connectivity index (χ4v) is 2.71. The van der Waals surface area contributed by atoms with Crippen molar-refractivity contribution in [1.82, 2.24) is 10.3 Å². The topological polar surface area (TPSA) is 72.5 Å². The summed E-state index contributed by atoms with van der Waals surface area (Å²) in [7, 11) is 0. The van der Waals surface area contributed by atoms with E-state index in [2.05, 4.69) is 31.5 Å². The Bertz CT molecular complexity index is 426. The van der Waals surface area contributed by atoms with Crippen LogP contribution in [0.1, 0.15) is 11.8 Å². The molecule has 1 fully saturated rings. The first kappa shape index (κ1) is 13.7. The Balaban J connectivity index is 1.82. The molecule has 0 bridgehead atoms. The van der Waals surface area contributed by atoms with E-state index in [1.807, 2.05) is 6.92 Å². The van der Waals surface area contributed by atoms with Gasteiger partial charge in [-0.2, -0.15) is 0 Å². The van der Waals surface area contributed by atoms with Crippen molar-refractivity contribution in [2.45, 2.75) is 19.6 Å². The minimum Gasteiger partial charge on any atom is -0.346 e. The number of carbonyl (C=O) groups excluding carboxylic acids is 1. The van der Waals surface area contributed by atoms with Crippen molar-refractivity contribution in [2.75, 3.05) is 25.1 Å². The number of thiazole rings is 1. The van der Waals surface area contributed by atoms with Crippen LogP contribution in [0.4, 0.5) is 9.93 Å². The molecule has 6 nitrogen and oxygen atoms in total. The summed E-state index contributed by atoms with van der Waals surface area (Å²) in [5.74, 6) is -0.725. The van der Waals surface area contributed by atoms with Gasteiger partial charge in [0.1, 0.15) is 4.60 Å². The molecule has 1 saturated heterocycles. The summed E-state index contributed by atoms with van der Waals surface area (Å²) < 4.78 is 11.5. The van der Waals surface area contributed by atoms with Gasteiger partial charge >= 0.3 is 6.03 Å². The summed E-state index contributed by atoms with van der Waals surface area (Å²) >= 11 is 4.70. The number of nitrogens with zero attached hydrogens (tertiary/aromatic N) is 1. The number of amides is 2. The minimum absolute atomic E-state index is 0.296. The summed E-state index contributed by atoms with van der Waals surface area (Å²) in [4.78, 5) is 16.8.